The maximum absolute atomic E-state index is 14.5. The third kappa shape index (κ3) is 7.05. The van der Waals surface area contributed by atoms with Crippen molar-refractivity contribution in [2.75, 3.05) is 26.8 Å². The van der Waals surface area contributed by atoms with Gasteiger partial charge in [0.05, 0.1) is 20.3 Å². The third-order valence-electron chi connectivity index (χ3n) is 7.35. The Morgan fingerprint density at radius 3 is 2.45 bits per heavy atom. The van der Waals surface area contributed by atoms with Gasteiger partial charge in [-0.25, -0.2) is 18.0 Å². The van der Waals surface area contributed by atoms with E-state index in [0.717, 1.165) is 41.7 Å². The van der Waals surface area contributed by atoms with Gasteiger partial charge < -0.3 is 24.4 Å². The van der Waals surface area contributed by atoms with Crippen LogP contribution >= 0.6 is 0 Å². The van der Waals surface area contributed by atoms with Crippen LogP contribution in [0, 0.1) is 23.3 Å². The molecule has 1 heterocycles. The van der Waals surface area contributed by atoms with Gasteiger partial charge in [0.25, 0.3) is 0 Å². The minimum Gasteiger partial charge on any atom is -0.497 e. The second-order valence-corrected chi connectivity index (χ2v) is 10.3. The Morgan fingerprint density at radius 2 is 1.71 bits per heavy atom. The summed E-state index contributed by atoms with van der Waals surface area (Å²) < 4.78 is 71.7. The fourth-order valence-corrected chi connectivity index (χ4v) is 4.90. The van der Waals surface area contributed by atoms with Crippen molar-refractivity contribution in [1.29, 1.82) is 0 Å². The van der Waals surface area contributed by atoms with Gasteiger partial charge in [0.15, 0.2) is 17.4 Å². The number of hydrogen-bond donors (Lipinski definition) is 1. The summed E-state index contributed by atoms with van der Waals surface area (Å²) in [6.45, 7) is 1.17. The number of methoxy groups -OCH3 is 1. The molecule has 1 fully saturated rings. The second kappa shape index (κ2) is 13.3. The summed E-state index contributed by atoms with van der Waals surface area (Å²) in [4.78, 5) is 14.9. The normalized spacial score (nSPS) is 16.5. The van der Waals surface area contributed by atoms with Gasteiger partial charge in [0, 0.05) is 24.7 Å². The molecule has 1 unspecified atom stereocenters. The lowest BCUT2D eigenvalue weighted by molar-refractivity contribution is 0.0770. The lowest BCUT2D eigenvalue weighted by atomic mass is 9.96. The molecule has 5 rings (SSSR count). The van der Waals surface area contributed by atoms with Crippen molar-refractivity contribution in [2.24, 2.45) is 0 Å². The Kier molecular flexibility index (Phi) is 9.31. The highest BCUT2D eigenvalue weighted by molar-refractivity contribution is 5.75. The third-order valence-corrected chi connectivity index (χ3v) is 7.35. The monoisotopic (exact) mass is 584 g/mol. The van der Waals surface area contributed by atoms with Crippen molar-refractivity contribution >= 4 is 11.7 Å². The van der Waals surface area contributed by atoms with Crippen LogP contribution in [0.5, 0.6) is 11.5 Å². The summed E-state index contributed by atoms with van der Waals surface area (Å²) in [7, 11) is 1.51. The van der Waals surface area contributed by atoms with Gasteiger partial charge >= 0.3 is 6.09 Å². The molecule has 0 spiro atoms. The van der Waals surface area contributed by atoms with Crippen LogP contribution in [0.25, 0.3) is 5.57 Å². The Labute approximate surface area is 241 Å². The molecule has 42 heavy (non-hydrogen) atoms. The molecule has 1 atom stereocenters. The second-order valence-electron chi connectivity index (χ2n) is 10.3. The number of amides is 1. The van der Waals surface area contributed by atoms with Crippen molar-refractivity contribution in [3.63, 3.8) is 0 Å². The molecular formula is C32H32F4N2O4. The molecule has 0 bridgehead atoms. The first kappa shape index (κ1) is 29.4. The van der Waals surface area contributed by atoms with Crippen LogP contribution in [0.1, 0.15) is 36.0 Å². The zero-order chi connectivity index (χ0) is 29.6. The summed E-state index contributed by atoms with van der Waals surface area (Å²) in [6, 6.07) is 13.8. The van der Waals surface area contributed by atoms with E-state index in [0.29, 0.717) is 37.2 Å². The molecular weight excluding hydrogens is 552 g/mol. The molecule has 1 amide bonds. The van der Waals surface area contributed by atoms with Gasteiger partial charge in [0.2, 0.25) is 5.82 Å². The van der Waals surface area contributed by atoms with Gasteiger partial charge in [-0.15, -0.1) is 0 Å². The lowest BCUT2D eigenvalue weighted by Gasteiger charge is -2.29. The first-order valence-corrected chi connectivity index (χ1v) is 13.9. The van der Waals surface area contributed by atoms with E-state index in [1.165, 1.54) is 19.2 Å². The predicted octanol–water partition coefficient (Wildman–Crippen LogP) is 6.42. The summed E-state index contributed by atoms with van der Waals surface area (Å²) in [6.07, 6.45) is 3.67. The number of carbonyl (C=O) groups excluding carboxylic acids is 1. The Bertz CT molecular complexity index is 1440. The molecule has 1 saturated carbocycles. The molecule has 1 N–H and O–H groups in total. The van der Waals surface area contributed by atoms with E-state index >= 15 is 0 Å². The van der Waals surface area contributed by atoms with E-state index in [1.54, 1.807) is 11.0 Å². The van der Waals surface area contributed by atoms with Crippen LogP contribution in [0.4, 0.5) is 22.4 Å². The summed E-state index contributed by atoms with van der Waals surface area (Å²) in [5.74, 6) is -4.05. The number of halogens is 4. The number of carbonyl (C=O) groups is 1. The molecule has 6 nitrogen and oxygen atoms in total. The number of nitrogens with one attached hydrogen (secondary N) is 1. The van der Waals surface area contributed by atoms with Gasteiger partial charge in [-0.3, -0.25) is 0 Å². The number of nitrogens with zero attached hydrogens (tertiary/aromatic N) is 1. The number of ether oxygens (including phenoxy) is 3. The highest BCUT2D eigenvalue weighted by Crippen LogP contribution is 2.32. The highest BCUT2D eigenvalue weighted by Gasteiger charge is 2.36. The standard InChI is InChI=1S/C32H32F4N2O4/c1-40-24-10-11-26(33)22(17-24)19-38(23-8-9-23)32(39)42-29-18-37-15-14-25(29)21-6-4-20(5-7-21)3-2-16-41-31-28(35)13-12-27(34)30(31)36/h4-7,10-14,17,23,29,37H,2-3,8-9,15-16,18-19H2,1H3. The van der Waals surface area contributed by atoms with E-state index in [2.05, 4.69) is 5.32 Å². The number of hydrogen-bond acceptors (Lipinski definition) is 5. The molecule has 10 heteroatoms. The minimum atomic E-state index is -1.34. The highest BCUT2D eigenvalue weighted by atomic mass is 19.2. The van der Waals surface area contributed by atoms with Crippen molar-refractivity contribution in [3.05, 3.63) is 101 Å². The summed E-state index contributed by atoms with van der Waals surface area (Å²) >= 11 is 0. The van der Waals surface area contributed by atoms with Crippen LogP contribution in [0.3, 0.4) is 0 Å². The summed E-state index contributed by atoms with van der Waals surface area (Å²) in [5.41, 5.74) is 3.11. The van der Waals surface area contributed by atoms with Crippen LogP contribution in [-0.2, 0) is 17.7 Å². The number of rotatable bonds is 11. The van der Waals surface area contributed by atoms with E-state index in [9.17, 15) is 22.4 Å². The maximum atomic E-state index is 14.5. The molecule has 1 aliphatic heterocycles. The fourth-order valence-electron chi connectivity index (χ4n) is 4.90. The van der Waals surface area contributed by atoms with Gasteiger partial charge in [-0.05, 0) is 72.7 Å². The largest absolute Gasteiger partial charge is 0.497 e. The molecule has 0 saturated heterocycles. The van der Waals surface area contributed by atoms with Gasteiger partial charge in [-0.1, -0.05) is 30.3 Å². The summed E-state index contributed by atoms with van der Waals surface area (Å²) in [5, 5.41) is 3.23. The average molecular weight is 585 g/mol. The van der Waals surface area contributed by atoms with Gasteiger partial charge in [-0.2, -0.15) is 4.39 Å². The quantitative estimate of drug-likeness (QED) is 0.160. The first-order chi connectivity index (χ1) is 20.3. The predicted molar refractivity (Wildman–Crippen MR) is 149 cm³/mol. The van der Waals surface area contributed by atoms with E-state index < -0.39 is 41.2 Å². The van der Waals surface area contributed by atoms with Crippen molar-refractivity contribution in [1.82, 2.24) is 10.2 Å². The van der Waals surface area contributed by atoms with E-state index in [4.69, 9.17) is 14.2 Å². The zero-order valence-electron chi connectivity index (χ0n) is 23.2. The van der Waals surface area contributed by atoms with Crippen LogP contribution < -0.4 is 14.8 Å². The number of benzene rings is 3. The van der Waals surface area contributed by atoms with Crippen molar-refractivity contribution in [3.8, 4) is 11.5 Å². The molecule has 2 aliphatic rings. The topological polar surface area (TPSA) is 60.0 Å². The van der Waals surface area contributed by atoms with E-state index in [-0.39, 0.29) is 19.2 Å². The van der Waals surface area contributed by atoms with Crippen LogP contribution in [0.2, 0.25) is 0 Å². The molecule has 3 aromatic rings. The lowest BCUT2D eigenvalue weighted by Crippen LogP contribution is -2.41. The molecule has 0 aromatic heterocycles. The van der Waals surface area contributed by atoms with Crippen molar-refractivity contribution in [2.45, 2.75) is 44.4 Å². The molecule has 1 aliphatic carbocycles. The Hall–Kier alpha value is -4.05. The fraction of sp³-hybridized carbons (Fsp3) is 0.344. The Morgan fingerprint density at radius 1 is 0.976 bits per heavy atom. The van der Waals surface area contributed by atoms with Gasteiger partial charge in [0.1, 0.15) is 17.7 Å². The first-order valence-electron chi connectivity index (χ1n) is 13.9. The number of aryl methyl sites for hydroxylation is 1. The maximum Gasteiger partial charge on any atom is 0.410 e. The smallest absolute Gasteiger partial charge is 0.410 e. The minimum absolute atomic E-state index is 0.00393. The molecule has 222 valence electrons. The zero-order valence-corrected chi connectivity index (χ0v) is 23.2. The molecule has 0 radical (unpaired) electrons. The van der Waals surface area contributed by atoms with Crippen LogP contribution in [-0.4, -0.2) is 49.9 Å². The molecule has 3 aromatic carbocycles. The Balaban J connectivity index is 1.19. The van der Waals surface area contributed by atoms with Crippen molar-refractivity contribution < 1.29 is 36.6 Å². The van der Waals surface area contributed by atoms with E-state index in [1.807, 2.05) is 30.3 Å². The SMILES string of the molecule is COc1ccc(F)c(CN(C(=O)OC2CNCC=C2c2ccc(CCCOc3c(F)ccc(F)c3F)cc2)C2CC2)c1. The van der Waals surface area contributed by atoms with Crippen LogP contribution in [0.15, 0.2) is 60.7 Å². The average Bonchev–Trinajstić information content (AvgIpc) is 3.84.